The number of carbonyl (C=O) groups excluding carboxylic acids is 2. The van der Waals surface area contributed by atoms with Crippen LogP contribution in [0, 0.1) is 0 Å². The Morgan fingerprint density at radius 2 is 1.89 bits per heavy atom. The number of para-hydroxylation sites is 1. The number of aliphatic hydroxyl groups is 1. The van der Waals surface area contributed by atoms with E-state index in [0.29, 0.717) is 43.1 Å². The number of rotatable bonds is 4. The number of hydrogen-bond acceptors (Lipinski definition) is 6. The Bertz CT molecular complexity index is 873. The summed E-state index contributed by atoms with van der Waals surface area (Å²) in [6, 6.07) is 5.08. The number of nitrogens with zero attached hydrogens (tertiary/aromatic N) is 1. The predicted molar refractivity (Wildman–Crippen MR) is 99.7 cm³/mol. The van der Waals surface area contributed by atoms with Crippen LogP contribution in [0.1, 0.15) is 46.5 Å². The molecule has 2 amide bonds. The fraction of sp³-hybridized carbons (Fsp3) is 0.421. The molecule has 2 heterocycles. The van der Waals surface area contributed by atoms with Crippen LogP contribution in [-0.2, 0) is 0 Å². The average molecular weight is 386 g/mol. The van der Waals surface area contributed by atoms with E-state index in [2.05, 4.69) is 20.8 Å². The first kappa shape index (κ1) is 18.3. The molecule has 148 valence electrons. The summed E-state index contributed by atoms with van der Waals surface area (Å²) in [5.74, 6) is 0.146. The van der Waals surface area contributed by atoms with Gasteiger partial charge in [-0.05, 0) is 37.8 Å². The first-order valence-electron chi connectivity index (χ1n) is 9.34. The van der Waals surface area contributed by atoms with Gasteiger partial charge in [0, 0.05) is 6.04 Å². The highest BCUT2D eigenvalue weighted by Gasteiger charge is 2.25. The molecule has 1 aromatic heterocycles. The number of amides is 2. The van der Waals surface area contributed by atoms with E-state index in [1.807, 2.05) is 0 Å². The highest BCUT2D eigenvalue weighted by atomic mass is 16.6. The second kappa shape index (κ2) is 7.89. The van der Waals surface area contributed by atoms with Gasteiger partial charge in [-0.2, -0.15) is 5.10 Å². The summed E-state index contributed by atoms with van der Waals surface area (Å²) in [4.78, 5) is 25.3. The second-order valence-electron chi connectivity index (χ2n) is 6.92. The van der Waals surface area contributed by atoms with Gasteiger partial charge in [0.05, 0.1) is 23.6 Å². The molecule has 1 aliphatic carbocycles. The minimum absolute atomic E-state index is 0.00515. The first-order chi connectivity index (χ1) is 13.6. The molecule has 9 heteroatoms. The van der Waals surface area contributed by atoms with Crippen LogP contribution < -0.4 is 20.1 Å². The van der Waals surface area contributed by atoms with Gasteiger partial charge in [-0.25, -0.2) is 0 Å². The fourth-order valence-electron chi connectivity index (χ4n) is 3.47. The van der Waals surface area contributed by atoms with E-state index in [-0.39, 0.29) is 29.4 Å². The molecule has 9 nitrogen and oxygen atoms in total. The van der Waals surface area contributed by atoms with E-state index in [1.165, 1.54) is 6.20 Å². The van der Waals surface area contributed by atoms with Gasteiger partial charge < -0.3 is 25.2 Å². The molecule has 2 aliphatic rings. The molecular formula is C19H22N4O5. The number of fused-ring (bicyclic) bond motifs is 1. The summed E-state index contributed by atoms with van der Waals surface area (Å²) >= 11 is 0. The third-order valence-corrected chi connectivity index (χ3v) is 4.96. The Hall–Kier alpha value is -3.07. The smallest absolute Gasteiger partial charge is 0.271 e. The Kier molecular flexibility index (Phi) is 5.16. The molecule has 0 bridgehead atoms. The zero-order valence-corrected chi connectivity index (χ0v) is 15.2. The van der Waals surface area contributed by atoms with E-state index in [0.717, 1.165) is 12.8 Å². The lowest BCUT2D eigenvalue weighted by Crippen LogP contribution is -2.39. The van der Waals surface area contributed by atoms with Crippen molar-refractivity contribution in [1.29, 1.82) is 0 Å². The molecule has 0 atom stereocenters. The van der Waals surface area contributed by atoms with Gasteiger partial charge >= 0.3 is 0 Å². The van der Waals surface area contributed by atoms with Crippen molar-refractivity contribution in [2.75, 3.05) is 18.5 Å². The van der Waals surface area contributed by atoms with Gasteiger partial charge in [0.1, 0.15) is 18.9 Å². The average Bonchev–Trinajstić information content (AvgIpc) is 3.17. The SMILES string of the molecule is O=C(Nc1cn[nH]c1C(=O)NC1CCC(O)CC1)c1cccc2c1OCCO2. The van der Waals surface area contributed by atoms with Crippen molar-refractivity contribution in [3.05, 3.63) is 35.7 Å². The third-order valence-electron chi connectivity index (χ3n) is 4.96. The number of aliphatic hydroxyl groups excluding tert-OH is 1. The number of aromatic amines is 1. The molecule has 0 radical (unpaired) electrons. The Labute approximate surface area is 161 Å². The molecule has 2 aromatic rings. The van der Waals surface area contributed by atoms with Gasteiger partial charge in [-0.15, -0.1) is 0 Å². The zero-order valence-electron chi connectivity index (χ0n) is 15.2. The van der Waals surface area contributed by atoms with E-state index >= 15 is 0 Å². The molecule has 1 aliphatic heterocycles. The van der Waals surface area contributed by atoms with Gasteiger partial charge in [0.25, 0.3) is 11.8 Å². The topological polar surface area (TPSA) is 126 Å². The number of anilines is 1. The van der Waals surface area contributed by atoms with Crippen LogP contribution in [0.5, 0.6) is 11.5 Å². The van der Waals surface area contributed by atoms with Crippen molar-refractivity contribution >= 4 is 17.5 Å². The summed E-state index contributed by atoms with van der Waals surface area (Å²) in [6.07, 6.45) is 3.87. The number of benzene rings is 1. The van der Waals surface area contributed by atoms with Crippen LogP contribution in [0.4, 0.5) is 5.69 Å². The largest absolute Gasteiger partial charge is 0.486 e. The molecule has 1 aromatic carbocycles. The van der Waals surface area contributed by atoms with Crippen molar-refractivity contribution in [2.45, 2.75) is 37.8 Å². The Morgan fingerprint density at radius 3 is 2.71 bits per heavy atom. The highest BCUT2D eigenvalue weighted by molar-refractivity contribution is 6.09. The number of ether oxygens (including phenoxy) is 2. The molecule has 1 saturated carbocycles. The minimum Gasteiger partial charge on any atom is -0.486 e. The van der Waals surface area contributed by atoms with Crippen molar-refractivity contribution < 1.29 is 24.2 Å². The summed E-state index contributed by atoms with van der Waals surface area (Å²) in [6.45, 7) is 0.801. The van der Waals surface area contributed by atoms with Crippen molar-refractivity contribution in [3.8, 4) is 11.5 Å². The number of H-pyrrole nitrogens is 1. The summed E-state index contributed by atoms with van der Waals surface area (Å²) in [5.41, 5.74) is 0.792. The maximum absolute atomic E-state index is 12.7. The van der Waals surface area contributed by atoms with Crippen LogP contribution in [0.2, 0.25) is 0 Å². The molecule has 1 fully saturated rings. The maximum Gasteiger partial charge on any atom is 0.271 e. The summed E-state index contributed by atoms with van der Waals surface area (Å²) in [7, 11) is 0. The lowest BCUT2D eigenvalue weighted by molar-refractivity contribution is 0.0864. The standard InChI is InChI=1S/C19H22N4O5/c24-12-6-4-11(5-7-12)21-19(26)16-14(10-20-23-16)22-18(25)13-2-1-3-15-17(13)28-9-8-27-15/h1-3,10-12,24H,4-9H2,(H,20,23)(H,21,26)(H,22,25). The van der Waals surface area contributed by atoms with Gasteiger partial charge in [-0.1, -0.05) is 6.07 Å². The highest BCUT2D eigenvalue weighted by Crippen LogP contribution is 2.34. The number of carbonyl (C=O) groups is 2. The van der Waals surface area contributed by atoms with Gasteiger partial charge in [0.2, 0.25) is 0 Å². The fourth-order valence-corrected chi connectivity index (χ4v) is 3.47. The minimum atomic E-state index is -0.418. The number of hydrogen-bond donors (Lipinski definition) is 4. The molecule has 0 saturated heterocycles. The summed E-state index contributed by atoms with van der Waals surface area (Å²) in [5, 5.41) is 21.8. The summed E-state index contributed by atoms with van der Waals surface area (Å²) < 4.78 is 11.1. The van der Waals surface area contributed by atoms with Crippen molar-refractivity contribution in [1.82, 2.24) is 15.5 Å². The molecule has 4 rings (SSSR count). The van der Waals surface area contributed by atoms with Gasteiger partial charge in [0.15, 0.2) is 11.5 Å². The van der Waals surface area contributed by atoms with E-state index in [4.69, 9.17) is 9.47 Å². The quantitative estimate of drug-likeness (QED) is 0.630. The number of nitrogens with one attached hydrogen (secondary N) is 3. The maximum atomic E-state index is 12.7. The Morgan fingerprint density at radius 1 is 1.11 bits per heavy atom. The lowest BCUT2D eigenvalue weighted by atomic mass is 9.93. The molecule has 0 spiro atoms. The normalized spacial score (nSPS) is 21.0. The lowest BCUT2D eigenvalue weighted by Gasteiger charge is -2.26. The van der Waals surface area contributed by atoms with Crippen LogP contribution >= 0.6 is 0 Å². The van der Waals surface area contributed by atoms with Crippen molar-refractivity contribution in [2.24, 2.45) is 0 Å². The molecule has 28 heavy (non-hydrogen) atoms. The Balaban J connectivity index is 1.46. The number of aromatic nitrogens is 2. The van der Waals surface area contributed by atoms with Crippen LogP contribution in [0.25, 0.3) is 0 Å². The van der Waals surface area contributed by atoms with E-state index in [1.54, 1.807) is 18.2 Å². The van der Waals surface area contributed by atoms with Crippen molar-refractivity contribution in [3.63, 3.8) is 0 Å². The first-order valence-corrected chi connectivity index (χ1v) is 9.34. The molecule has 0 unspecified atom stereocenters. The predicted octanol–water partition coefficient (Wildman–Crippen LogP) is 1.47. The monoisotopic (exact) mass is 386 g/mol. The van der Waals surface area contributed by atoms with Gasteiger partial charge in [-0.3, -0.25) is 14.7 Å². The van der Waals surface area contributed by atoms with Crippen LogP contribution in [-0.4, -0.2) is 52.5 Å². The zero-order chi connectivity index (χ0) is 19.5. The molecule has 4 N–H and O–H groups in total. The van der Waals surface area contributed by atoms with E-state index < -0.39 is 5.91 Å². The molecular weight excluding hydrogens is 364 g/mol. The third kappa shape index (κ3) is 3.79. The second-order valence-corrected chi connectivity index (χ2v) is 6.92. The van der Waals surface area contributed by atoms with Crippen LogP contribution in [0.15, 0.2) is 24.4 Å². The van der Waals surface area contributed by atoms with Crippen LogP contribution in [0.3, 0.4) is 0 Å². The van der Waals surface area contributed by atoms with E-state index in [9.17, 15) is 14.7 Å².